The number of aromatic nitrogens is 4. The van der Waals surface area contributed by atoms with Gasteiger partial charge >= 0.3 is 5.69 Å². The lowest BCUT2D eigenvalue weighted by Gasteiger charge is -2.22. The maximum atomic E-state index is 14.3. The monoisotopic (exact) mass is 404 g/mol. The predicted octanol–water partition coefficient (Wildman–Crippen LogP) is 2.80. The first-order chi connectivity index (χ1) is 13.5. The van der Waals surface area contributed by atoms with Crippen LogP contribution in [0, 0.1) is 5.82 Å². The van der Waals surface area contributed by atoms with Crippen LogP contribution in [0.25, 0.3) is 11.4 Å². The largest absolute Gasteiger partial charge is 0.339 e. The predicted molar refractivity (Wildman–Crippen MR) is 101 cm³/mol. The van der Waals surface area contributed by atoms with E-state index in [1.165, 1.54) is 18.2 Å². The molecule has 0 fully saturated rings. The average molecular weight is 405 g/mol. The standard InChI is InChI=1S/C19H18ClFN4O3/c1-2-15-22-17(23-28-15)16-14-8-3-4-9-24(14)19(27)25(18(16)26)10-11-12(20)6-5-7-13(11)21/h5-7H,2-4,8-10H2,1H3. The molecule has 146 valence electrons. The molecule has 0 radical (unpaired) electrons. The molecule has 0 amide bonds. The van der Waals surface area contributed by atoms with Gasteiger partial charge in [-0.1, -0.05) is 29.7 Å². The minimum atomic E-state index is -0.573. The van der Waals surface area contributed by atoms with E-state index in [1.54, 1.807) is 4.57 Å². The summed E-state index contributed by atoms with van der Waals surface area (Å²) in [4.78, 5) is 30.5. The molecule has 4 rings (SSSR count). The van der Waals surface area contributed by atoms with Gasteiger partial charge in [-0.15, -0.1) is 0 Å². The number of halogens is 2. The smallest absolute Gasteiger partial charge is 0.331 e. The van der Waals surface area contributed by atoms with Gasteiger partial charge in [0.25, 0.3) is 5.56 Å². The van der Waals surface area contributed by atoms with Gasteiger partial charge in [0, 0.05) is 29.2 Å². The third-order valence-electron chi connectivity index (χ3n) is 4.95. The van der Waals surface area contributed by atoms with E-state index in [1.807, 2.05) is 6.92 Å². The van der Waals surface area contributed by atoms with Gasteiger partial charge in [0.15, 0.2) is 0 Å². The normalized spacial score (nSPS) is 13.5. The topological polar surface area (TPSA) is 82.9 Å². The number of hydrogen-bond acceptors (Lipinski definition) is 5. The van der Waals surface area contributed by atoms with E-state index >= 15 is 0 Å². The molecule has 7 nitrogen and oxygen atoms in total. The van der Waals surface area contributed by atoms with Crippen LogP contribution < -0.4 is 11.2 Å². The molecule has 2 aromatic heterocycles. The Morgan fingerprint density at radius 2 is 2.11 bits per heavy atom. The van der Waals surface area contributed by atoms with Crippen molar-refractivity contribution >= 4 is 11.6 Å². The highest BCUT2D eigenvalue weighted by Gasteiger charge is 2.26. The zero-order chi connectivity index (χ0) is 19.8. The summed E-state index contributed by atoms with van der Waals surface area (Å²) in [5.41, 5.74) is -0.133. The number of rotatable bonds is 4. The van der Waals surface area contributed by atoms with Crippen molar-refractivity contribution in [3.63, 3.8) is 0 Å². The molecule has 0 saturated carbocycles. The van der Waals surface area contributed by atoms with E-state index in [0.717, 1.165) is 17.4 Å². The van der Waals surface area contributed by atoms with Crippen LogP contribution in [0.15, 0.2) is 32.3 Å². The van der Waals surface area contributed by atoms with Crippen molar-refractivity contribution in [2.75, 3.05) is 0 Å². The molecule has 0 spiro atoms. The lowest BCUT2D eigenvalue weighted by Crippen LogP contribution is -2.44. The summed E-state index contributed by atoms with van der Waals surface area (Å²) in [5, 5.41) is 4.08. The summed E-state index contributed by atoms with van der Waals surface area (Å²) in [6.07, 6.45) is 2.77. The Bertz CT molecular complexity index is 1140. The Morgan fingerprint density at radius 3 is 2.82 bits per heavy atom. The second kappa shape index (κ2) is 7.35. The summed E-state index contributed by atoms with van der Waals surface area (Å²) < 4.78 is 22.0. The van der Waals surface area contributed by atoms with Crippen LogP contribution in [0.4, 0.5) is 4.39 Å². The first-order valence-electron chi connectivity index (χ1n) is 9.13. The Balaban J connectivity index is 1.96. The van der Waals surface area contributed by atoms with Crippen molar-refractivity contribution < 1.29 is 8.91 Å². The summed E-state index contributed by atoms with van der Waals surface area (Å²) >= 11 is 6.10. The van der Waals surface area contributed by atoms with Gasteiger partial charge in [0.1, 0.15) is 11.4 Å². The average Bonchev–Trinajstić information content (AvgIpc) is 3.16. The SMILES string of the molecule is CCc1nc(-c2c3n(c(=O)n(Cc4c(F)cccc4Cl)c2=O)CCCC3)no1. The third kappa shape index (κ3) is 3.07. The van der Waals surface area contributed by atoms with Crippen LogP contribution in [0.2, 0.25) is 5.02 Å². The van der Waals surface area contributed by atoms with E-state index in [0.29, 0.717) is 31.0 Å². The van der Waals surface area contributed by atoms with Gasteiger partial charge in [0.05, 0.1) is 6.54 Å². The molecule has 1 aromatic carbocycles. The zero-order valence-electron chi connectivity index (χ0n) is 15.2. The number of nitrogens with zero attached hydrogens (tertiary/aromatic N) is 4. The minimum Gasteiger partial charge on any atom is -0.339 e. The van der Waals surface area contributed by atoms with Gasteiger partial charge in [-0.2, -0.15) is 4.98 Å². The van der Waals surface area contributed by atoms with Crippen LogP contribution in [0.3, 0.4) is 0 Å². The van der Waals surface area contributed by atoms with E-state index < -0.39 is 17.1 Å². The van der Waals surface area contributed by atoms with Crippen LogP contribution in [0.1, 0.15) is 36.9 Å². The lowest BCUT2D eigenvalue weighted by atomic mass is 10.0. The van der Waals surface area contributed by atoms with E-state index in [9.17, 15) is 14.0 Å². The molecule has 0 N–H and O–H groups in total. The Morgan fingerprint density at radius 1 is 1.29 bits per heavy atom. The second-order valence-electron chi connectivity index (χ2n) is 6.67. The third-order valence-corrected chi connectivity index (χ3v) is 5.31. The van der Waals surface area contributed by atoms with Crippen LogP contribution in [0.5, 0.6) is 0 Å². The first kappa shape index (κ1) is 18.6. The van der Waals surface area contributed by atoms with E-state index in [2.05, 4.69) is 10.1 Å². The fraction of sp³-hybridized carbons (Fsp3) is 0.368. The Kier molecular flexibility index (Phi) is 4.89. The summed E-state index contributed by atoms with van der Waals surface area (Å²) in [7, 11) is 0. The number of benzene rings is 1. The summed E-state index contributed by atoms with van der Waals surface area (Å²) in [5.74, 6) is -0.0179. The highest BCUT2D eigenvalue weighted by molar-refractivity contribution is 6.31. The van der Waals surface area contributed by atoms with E-state index in [4.69, 9.17) is 16.1 Å². The maximum Gasteiger partial charge on any atom is 0.331 e. The fourth-order valence-corrected chi connectivity index (χ4v) is 3.72. The van der Waals surface area contributed by atoms with Crippen LogP contribution in [-0.2, 0) is 25.9 Å². The molecular formula is C19H18ClFN4O3. The number of fused-ring (bicyclic) bond motifs is 1. The highest BCUT2D eigenvalue weighted by Crippen LogP contribution is 2.23. The molecule has 3 heterocycles. The van der Waals surface area contributed by atoms with Gasteiger partial charge in [-0.05, 0) is 31.4 Å². The minimum absolute atomic E-state index is 0.0908. The van der Waals surface area contributed by atoms with Crippen molar-refractivity contribution in [3.05, 3.63) is 67.0 Å². The van der Waals surface area contributed by atoms with E-state index in [-0.39, 0.29) is 28.5 Å². The van der Waals surface area contributed by atoms with Crippen LogP contribution >= 0.6 is 11.6 Å². The Hall–Kier alpha value is -2.74. The van der Waals surface area contributed by atoms with Crippen molar-refractivity contribution in [3.8, 4) is 11.4 Å². The molecule has 0 unspecified atom stereocenters. The van der Waals surface area contributed by atoms with Crippen molar-refractivity contribution in [1.29, 1.82) is 0 Å². The number of aryl methyl sites for hydroxylation is 1. The molecule has 28 heavy (non-hydrogen) atoms. The molecular weight excluding hydrogens is 387 g/mol. The molecule has 3 aromatic rings. The van der Waals surface area contributed by atoms with Crippen molar-refractivity contribution in [1.82, 2.24) is 19.3 Å². The molecule has 1 aliphatic rings. The molecule has 0 aliphatic carbocycles. The van der Waals surface area contributed by atoms with Gasteiger partial charge < -0.3 is 4.52 Å². The van der Waals surface area contributed by atoms with Crippen LogP contribution in [-0.4, -0.2) is 19.3 Å². The highest BCUT2D eigenvalue weighted by atomic mass is 35.5. The summed E-state index contributed by atoms with van der Waals surface area (Å²) in [6.45, 7) is 2.07. The van der Waals surface area contributed by atoms with Crippen molar-refractivity contribution in [2.24, 2.45) is 0 Å². The molecule has 9 heteroatoms. The van der Waals surface area contributed by atoms with Gasteiger partial charge in [-0.25, -0.2) is 9.18 Å². The van der Waals surface area contributed by atoms with Gasteiger partial charge in [0.2, 0.25) is 11.7 Å². The summed E-state index contributed by atoms with van der Waals surface area (Å²) in [6, 6.07) is 4.24. The quantitative estimate of drug-likeness (QED) is 0.667. The lowest BCUT2D eigenvalue weighted by molar-refractivity contribution is 0.382. The molecule has 0 atom stereocenters. The van der Waals surface area contributed by atoms with Gasteiger partial charge in [-0.3, -0.25) is 13.9 Å². The molecule has 0 bridgehead atoms. The van der Waals surface area contributed by atoms with Crippen molar-refractivity contribution in [2.45, 2.75) is 45.7 Å². The maximum absolute atomic E-state index is 14.3. The Labute approximate surface area is 164 Å². The number of hydrogen-bond donors (Lipinski definition) is 0. The fourth-order valence-electron chi connectivity index (χ4n) is 3.50. The zero-order valence-corrected chi connectivity index (χ0v) is 16.0. The second-order valence-corrected chi connectivity index (χ2v) is 7.08. The molecule has 1 aliphatic heterocycles. The first-order valence-corrected chi connectivity index (χ1v) is 9.51. The molecule has 0 saturated heterocycles.